The molecule has 0 aliphatic carbocycles. The van der Waals surface area contributed by atoms with Gasteiger partial charge in [-0.3, -0.25) is 19.6 Å². The van der Waals surface area contributed by atoms with Gasteiger partial charge in [0.05, 0.1) is 38.1 Å². The topological polar surface area (TPSA) is 99.3 Å². The predicted octanol–water partition coefficient (Wildman–Crippen LogP) is 5.80. The maximum Gasteiger partial charge on any atom is 0.275 e. The number of nitro groups is 1. The molecule has 8 nitrogen and oxygen atoms in total. The summed E-state index contributed by atoms with van der Waals surface area (Å²) < 4.78 is 7.11. The minimum Gasteiger partial charge on any atom is -0.455 e. The lowest BCUT2D eigenvalue weighted by Crippen LogP contribution is -2.20. The number of rotatable bonds is 6. The van der Waals surface area contributed by atoms with E-state index in [0.29, 0.717) is 21.4 Å². The van der Waals surface area contributed by atoms with E-state index in [-0.39, 0.29) is 34.4 Å². The maximum atomic E-state index is 12.4. The molecular formula is C19H15Cl3N4O4. The second-order valence-electron chi connectivity index (χ2n) is 6.34. The molecule has 3 aromatic rings. The lowest BCUT2D eigenvalue weighted by molar-refractivity contribution is -0.384. The van der Waals surface area contributed by atoms with Gasteiger partial charge < -0.3 is 10.1 Å². The summed E-state index contributed by atoms with van der Waals surface area (Å²) in [6.07, 6.45) is 0. The molecule has 2 aromatic carbocycles. The number of anilines is 1. The fourth-order valence-electron chi connectivity index (χ4n) is 2.67. The zero-order valence-corrected chi connectivity index (χ0v) is 18.0. The van der Waals surface area contributed by atoms with Gasteiger partial charge in [0.2, 0.25) is 5.91 Å². The van der Waals surface area contributed by atoms with Gasteiger partial charge in [0.25, 0.3) is 5.69 Å². The van der Waals surface area contributed by atoms with E-state index in [1.165, 1.54) is 35.0 Å². The smallest absolute Gasteiger partial charge is 0.275 e. The molecule has 1 heterocycles. The van der Waals surface area contributed by atoms with Crippen LogP contribution in [0.2, 0.25) is 15.1 Å². The molecule has 0 saturated heterocycles. The summed E-state index contributed by atoms with van der Waals surface area (Å²) in [7, 11) is 0. The van der Waals surface area contributed by atoms with Gasteiger partial charge in [-0.15, -0.1) is 0 Å². The zero-order chi connectivity index (χ0) is 22.0. The Balaban J connectivity index is 1.84. The Hall–Kier alpha value is -2.81. The summed E-state index contributed by atoms with van der Waals surface area (Å²) in [5.41, 5.74) is 1.17. The Kier molecular flexibility index (Phi) is 6.50. The lowest BCUT2D eigenvalue weighted by atomic mass is 10.2. The highest BCUT2D eigenvalue weighted by molar-refractivity contribution is 6.35. The van der Waals surface area contributed by atoms with Crippen molar-refractivity contribution in [2.45, 2.75) is 20.4 Å². The quantitative estimate of drug-likeness (QED) is 0.363. The van der Waals surface area contributed by atoms with Crippen LogP contribution in [0.25, 0.3) is 0 Å². The van der Waals surface area contributed by atoms with Crippen LogP contribution in [0.1, 0.15) is 11.4 Å². The summed E-state index contributed by atoms with van der Waals surface area (Å²) in [5, 5.41) is 19.2. The van der Waals surface area contributed by atoms with Crippen LogP contribution in [-0.4, -0.2) is 20.6 Å². The van der Waals surface area contributed by atoms with Crippen LogP contribution in [0.3, 0.4) is 0 Å². The number of amides is 1. The highest BCUT2D eigenvalue weighted by Crippen LogP contribution is 2.34. The summed E-state index contributed by atoms with van der Waals surface area (Å²) in [4.78, 5) is 23.1. The second-order valence-corrected chi connectivity index (χ2v) is 7.56. The average Bonchev–Trinajstić information content (AvgIpc) is 2.90. The van der Waals surface area contributed by atoms with E-state index in [9.17, 15) is 14.9 Å². The number of nitrogens with zero attached hydrogens (tertiary/aromatic N) is 3. The Morgan fingerprint density at radius 3 is 2.53 bits per heavy atom. The van der Waals surface area contributed by atoms with Gasteiger partial charge >= 0.3 is 0 Å². The highest BCUT2D eigenvalue weighted by Gasteiger charge is 2.16. The van der Waals surface area contributed by atoms with Crippen LogP contribution in [0.5, 0.6) is 11.5 Å². The van der Waals surface area contributed by atoms with Crippen molar-refractivity contribution in [3.05, 3.63) is 73.0 Å². The van der Waals surface area contributed by atoms with Gasteiger partial charge in [0.15, 0.2) is 0 Å². The molecule has 0 saturated carbocycles. The number of aryl methyl sites for hydroxylation is 1. The zero-order valence-electron chi connectivity index (χ0n) is 15.8. The van der Waals surface area contributed by atoms with Crippen molar-refractivity contribution in [1.82, 2.24) is 9.78 Å². The van der Waals surface area contributed by atoms with Crippen LogP contribution >= 0.6 is 34.8 Å². The third-order valence-corrected chi connectivity index (χ3v) is 5.17. The fourth-order valence-corrected chi connectivity index (χ4v) is 3.25. The van der Waals surface area contributed by atoms with Crippen molar-refractivity contribution in [3.63, 3.8) is 0 Å². The molecular weight excluding hydrogens is 455 g/mol. The van der Waals surface area contributed by atoms with Crippen LogP contribution in [-0.2, 0) is 11.3 Å². The number of aromatic nitrogens is 2. The van der Waals surface area contributed by atoms with Gasteiger partial charge in [-0.05, 0) is 32.0 Å². The minimum atomic E-state index is -0.591. The van der Waals surface area contributed by atoms with E-state index in [2.05, 4.69) is 10.4 Å². The molecule has 0 radical (unpaired) electrons. The van der Waals surface area contributed by atoms with Gasteiger partial charge in [-0.25, -0.2) is 0 Å². The largest absolute Gasteiger partial charge is 0.455 e. The number of halogens is 3. The first-order chi connectivity index (χ1) is 14.1. The van der Waals surface area contributed by atoms with Gasteiger partial charge in [0, 0.05) is 17.2 Å². The summed E-state index contributed by atoms with van der Waals surface area (Å²) in [6, 6.07) is 8.49. The third-order valence-electron chi connectivity index (χ3n) is 4.09. The number of carbonyl (C=O) groups is 1. The highest BCUT2D eigenvalue weighted by atomic mass is 35.5. The molecule has 0 aliphatic rings. The Bertz CT molecular complexity index is 1150. The molecule has 3 rings (SSSR count). The van der Waals surface area contributed by atoms with Crippen molar-refractivity contribution >= 4 is 52.1 Å². The van der Waals surface area contributed by atoms with Crippen molar-refractivity contribution in [2.75, 3.05) is 5.32 Å². The molecule has 0 unspecified atom stereocenters. The molecule has 30 heavy (non-hydrogen) atoms. The Labute approximate surface area is 186 Å². The third kappa shape index (κ3) is 5.02. The van der Waals surface area contributed by atoms with Crippen molar-refractivity contribution < 1.29 is 14.5 Å². The van der Waals surface area contributed by atoms with Gasteiger partial charge in [-0.2, -0.15) is 5.10 Å². The second kappa shape index (κ2) is 8.91. The molecule has 0 atom stereocenters. The molecule has 1 amide bonds. The number of nitro benzene ring substituents is 1. The number of ether oxygens (including phenoxy) is 1. The van der Waals surface area contributed by atoms with Crippen LogP contribution < -0.4 is 10.1 Å². The number of hydrogen-bond acceptors (Lipinski definition) is 5. The number of benzene rings is 2. The number of carbonyl (C=O) groups excluding carboxylic acids is 1. The average molecular weight is 470 g/mol. The molecule has 0 fully saturated rings. The van der Waals surface area contributed by atoms with E-state index in [1.807, 2.05) is 0 Å². The maximum absolute atomic E-state index is 12.4. The van der Waals surface area contributed by atoms with E-state index < -0.39 is 10.8 Å². The van der Waals surface area contributed by atoms with Crippen molar-refractivity contribution in [2.24, 2.45) is 0 Å². The van der Waals surface area contributed by atoms with Crippen molar-refractivity contribution in [3.8, 4) is 11.5 Å². The fraction of sp³-hybridized carbons (Fsp3) is 0.158. The minimum absolute atomic E-state index is 0.110. The first-order valence-electron chi connectivity index (χ1n) is 8.56. The molecule has 156 valence electrons. The standard InChI is InChI=1S/C19H15Cl3N4O4/c1-10-19(22)11(2)25(24-10)9-18(27)23-13-6-14(26(28)29)8-15(7-13)30-17-4-3-12(20)5-16(17)21/h3-8H,9H2,1-2H3,(H,23,27). The summed E-state index contributed by atoms with van der Waals surface area (Å²) in [6.45, 7) is 3.36. The van der Waals surface area contributed by atoms with Crippen LogP contribution in [0.4, 0.5) is 11.4 Å². The van der Waals surface area contributed by atoms with Gasteiger partial charge in [0.1, 0.15) is 18.0 Å². The number of non-ortho nitro benzene ring substituents is 1. The van der Waals surface area contributed by atoms with Crippen LogP contribution in [0.15, 0.2) is 36.4 Å². The van der Waals surface area contributed by atoms with E-state index >= 15 is 0 Å². The lowest BCUT2D eigenvalue weighted by Gasteiger charge is -2.11. The van der Waals surface area contributed by atoms with E-state index in [4.69, 9.17) is 39.5 Å². The molecule has 1 aromatic heterocycles. The molecule has 0 aliphatic heterocycles. The number of hydrogen-bond donors (Lipinski definition) is 1. The Morgan fingerprint density at radius 2 is 1.93 bits per heavy atom. The molecule has 1 N–H and O–H groups in total. The first-order valence-corrected chi connectivity index (χ1v) is 9.69. The summed E-state index contributed by atoms with van der Waals surface area (Å²) in [5.74, 6) is -0.0535. The number of nitrogens with one attached hydrogen (secondary N) is 1. The summed E-state index contributed by atoms with van der Waals surface area (Å²) >= 11 is 18.1. The van der Waals surface area contributed by atoms with Crippen LogP contribution in [0, 0.1) is 24.0 Å². The first kappa shape index (κ1) is 21.9. The van der Waals surface area contributed by atoms with Gasteiger partial charge in [-0.1, -0.05) is 34.8 Å². The van der Waals surface area contributed by atoms with E-state index in [1.54, 1.807) is 19.9 Å². The SMILES string of the molecule is Cc1nn(CC(=O)Nc2cc(Oc3ccc(Cl)cc3Cl)cc([N+](=O)[O-])c2)c(C)c1Cl. The monoisotopic (exact) mass is 468 g/mol. The van der Waals surface area contributed by atoms with Crippen molar-refractivity contribution in [1.29, 1.82) is 0 Å². The molecule has 11 heteroatoms. The molecule has 0 spiro atoms. The predicted molar refractivity (Wildman–Crippen MR) is 115 cm³/mol. The Morgan fingerprint density at radius 1 is 1.20 bits per heavy atom. The normalized spacial score (nSPS) is 10.7. The van der Waals surface area contributed by atoms with E-state index in [0.717, 1.165) is 0 Å². The molecule has 0 bridgehead atoms.